The van der Waals surface area contributed by atoms with E-state index in [4.69, 9.17) is 15.7 Å². The molecule has 1 aliphatic carbocycles. The number of hydrogen-bond donors (Lipinski definition) is 2. The number of ether oxygens (including phenoxy) is 1. The van der Waals surface area contributed by atoms with Crippen LogP contribution in [-0.4, -0.2) is 41.9 Å². The predicted molar refractivity (Wildman–Crippen MR) is 151 cm³/mol. The molecule has 1 amide bonds. The Bertz CT molecular complexity index is 1410. The van der Waals surface area contributed by atoms with E-state index in [-0.39, 0.29) is 40.9 Å². The Balaban J connectivity index is 1.59. The van der Waals surface area contributed by atoms with Crippen LogP contribution in [0.2, 0.25) is 6.82 Å². The molecule has 1 saturated carbocycles. The first-order valence-corrected chi connectivity index (χ1v) is 13.5. The standard InChI is InChI=1S/C30H33BF2N5O2/c1-4-18-14-19(15-24(35)29(18)40-11-5-9-34)20-8-10-36-16-26(20)38-30(39)25-7-6-22(32)28(37-25)27-21(31-3)12-17(2)13-23(27)33/h6-8,10,12-13,16,18-19,24,29H,4-5,11,14-15,35H2,1-3H3,(H,38,39)/t18-,19+,24+,29-/m0/s1. The molecule has 10 heteroatoms. The van der Waals surface area contributed by atoms with Crippen LogP contribution < -0.4 is 16.5 Å². The summed E-state index contributed by atoms with van der Waals surface area (Å²) >= 11 is 0. The molecule has 207 valence electrons. The number of nitrogens with two attached hydrogens (primary N) is 1. The smallest absolute Gasteiger partial charge is 0.274 e. The van der Waals surface area contributed by atoms with Crippen molar-refractivity contribution in [3.63, 3.8) is 0 Å². The number of halogens is 2. The fraction of sp³-hybridized carbons (Fsp3) is 0.400. The molecule has 0 aliphatic heterocycles. The van der Waals surface area contributed by atoms with Crippen molar-refractivity contribution in [3.05, 3.63) is 71.2 Å². The average Bonchev–Trinajstić information content (AvgIpc) is 2.94. The van der Waals surface area contributed by atoms with Gasteiger partial charge in [0.2, 0.25) is 0 Å². The van der Waals surface area contributed by atoms with E-state index in [2.05, 4.69) is 28.3 Å². The molecule has 40 heavy (non-hydrogen) atoms. The summed E-state index contributed by atoms with van der Waals surface area (Å²) in [4.78, 5) is 21.8. The highest BCUT2D eigenvalue weighted by Crippen LogP contribution is 2.41. The van der Waals surface area contributed by atoms with Gasteiger partial charge in [0.25, 0.3) is 5.91 Å². The molecule has 3 N–H and O–H groups in total. The molecule has 0 saturated heterocycles. The number of pyridine rings is 2. The van der Waals surface area contributed by atoms with E-state index < -0.39 is 17.5 Å². The summed E-state index contributed by atoms with van der Waals surface area (Å²) < 4.78 is 35.8. The fourth-order valence-corrected chi connectivity index (χ4v) is 5.60. The average molecular weight is 544 g/mol. The van der Waals surface area contributed by atoms with E-state index in [1.54, 1.807) is 39.5 Å². The molecule has 0 bridgehead atoms. The van der Waals surface area contributed by atoms with Crippen LogP contribution in [0, 0.1) is 35.8 Å². The Hall–Kier alpha value is -3.68. The molecule has 1 fully saturated rings. The Labute approximate surface area is 234 Å². The number of carbonyl (C=O) groups is 1. The Morgan fingerprint density at radius 1 is 1.25 bits per heavy atom. The summed E-state index contributed by atoms with van der Waals surface area (Å²) in [6.07, 6.45) is 5.73. The van der Waals surface area contributed by atoms with Gasteiger partial charge in [-0.05, 0) is 67.0 Å². The van der Waals surface area contributed by atoms with Crippen molar-refractivity contribution in [1.29, 1.82) is 5.26 Å². The van der Waals surface area contributed by atoms with Gasteiger partial charge in [0.15, 0.2) is 0 Å². The van der Waals surface area contributed by atoms with Gasteiger partial charge >= 0.3 is 0 Å². The molecular formula is C30H33BF2N5O2. The van der Waals surface area contributed by atoms with E-state index in [1.807, 2.05) is 6.07 Å². The summed E-state index contributed by atoms with van der Waals surface area (Å²) in [5.41, 5.74) is 8.86. The molecular weight excluding hydrogens is 511 g/mol. The van der Waals surface area contributed by atoms with Crippen LogP contribution in [0.5, 0.6) is 0 Å². The summed E-state index contributed by atoms with van der Waals surface area (Å²) in [6, 6.07) is 9.19. The van der Waals surface area contributed by atoms with Gasteiger partial charge in [-0.3, -0.25) is 9.78 Å². The third-order valence-corrected chi connectivity index (χ3v) is 7.51. The number of nitriles is 1. The van der Waals surface area contributed by atoms with Crippen molar-refractivity contribution >= 4 is 24.3 Å². The quantitative estimate of drug-likeness (QED) is 0.293. The van der Waals surface area contributed by atoms with Crippen LogP contribution in [-0.2, 0) is 4.74 Å². The lowest BCUT2D eigenvalue weighted by molar-refractivity contribution is -0.0268. The first kappa shape index (κ1) is 29.3. The second-order valence-electron chi connectivity index (χ2n) is 10.2. The number of nitrogens with zero attached hydrogens (tertiary/aromatic N) is 3. The number of hydrogen-bond acceptors (Lipinski definition) is 6. The number of aryl methyl sites for hydroxylation is 1. The highest BCUT2D eigenvalue weighted by atomic mass is 19.1. The Morgan fingerprint density at radius 2 is 2.05 bits per heavy atom. The lowest BCUT2D eigenvalue weighted by Gasteiger charge is -2.40. The first-order valence-electron chi connectivity index (χ1n) is 13.5. The number of aromatic nitrogens is 2. The van der Waals surface area contributed by atoms with E-state index in [1.165, 1.54) is 12.1 Å². The van der Waals surface area contributed by atoms with Crippen LogP contribution in [0.1, 0.15) is 60.1 Å². The van der Waals surface area contributed by atoms with Crippen LogP contribution in [0.3, 0.4) is 0 Å². The van der Waals surface area contributed by atoms with Gasteiger partial charge in [-0.1, -0.05) is 31.7 Å². The van der Waals surface area contributed by atoms with E-state index >= 15 is 0 Å². The van der Waals surface area contributed by atoms with Crippen molar-refractivity contribution in [3.8, 4) is 17.3 Å². The van der Waals surface area contributed by atoms with Crippen LogP contribution >= 0.6 is 0 Å². The molecule has 4 atom stereocenters. The first-order chi connectivity index (χ1) is 19.3. The zero-order valence-electron chi connectivity index (χ0n) is 23.0. The highest BCUT2D eigenvalue weighted by Gasteiger charge is 2.37. The van der Waals surface area contributed by atoms with Crippen LogP contribution in [0.4, 0.5) is 14.5 Å². The molecule has 2 aromatic heterocycles. The van der Waals surface area contributed by atoms with Gasteiger partial charge < -0.3 is 15.8 Å². The predicted octanol–water partition coefficient (Wildman–Crippen LogP) is 4.89. The minimum Gasteiger partial charge on any atom is -0.375 e. The maximum Gasteiger partial charge on any atom is 0.274 e. The molecule has 0 unspecified atom stereocenters. The number of carbonyl (C=O) groups excluding carboxylic acids is 1. The third-order valence-electron chi connectivity index (χ3n) is 7.51. The largest absolute Gasteiger partial charge is 0.375 e. The van der Waals surface area contributed by atoms with Crippen LogP contribution in [0.25, 0.3) is 11.3 Å². The molecule has 2 heterocycles. The van der Waals surface area contributed by atoms with E-state index in [9.17, 15) is 13.6 Å². The minimum atomic E-state index is -0.724. The lowest BCUT2D eigenvalue weighted by atomic mass is 9.69. The van der Waals surface area contributed by atoms with Crippen LogP contribution in [0.15, 0.2) is 42.7 Å². The second kappa shape index (κ2) is 13.1. The number of rotatable bonds is 9. The van der Waals surface area contributed by atoms with Crippen molar-refractivity contribution in [2.24, 2.45) is 11.7 Å². The topological polar surface area (TPSA) is 114 Å². The summed E-state index contributed by atoms with van der Waals surface area (Å²) in [7, 11) is 1.68. The molecule has 7 nitrogen and oxygen atoms in total. The zero-order chi connectivity index (χ0) is 28.8. The number of nitrogens with one attached hydrogen (secondary N) is 1. The van der Waals surface area contributed by atoms with Gasteiger partial charge in [-0.2, -0.15) is 5.26 Å². The van der Waals surface area contributed by atoms with Crippen molar-refractivity contribution in [2.75, 3.05) is 11.9 Å². The zero-order valence-corrected chi connectivity index (χ0v) is 23.0. The third kappa shape index (κ3) is 6.38. The van der Waals surface area contributed by atoms with E-state index in [0.29, 0.717) is 36.2 Å². The van der Waals surface area contributed by atoms with Gasteiger partial charge in [0.05, 0.1) is 37.1 Å². The molecule has 4 rings (SSSR count). The lowest BCUT2D eigenvalue weighted by Crippen LogP contribution is -2.47. The molecule has 0 spiro atoms. The number of amides is 1. The van der Waals surface area contributed by atoms with E-state index in [0.717, 1.165) is 24.5 Å². The van der Waals surface area contributed by atoms with Gasteiger partial charge in [0.1, 0.15) is 30.3 Å². The van der Waals surface area contributed by atoms with Gasteiger partial charge in [-0.15, -0.1) is 0 Å². The van der Waals surface area contributed by atoms with Crippen molar-refractivity contribution in [2.45, 2.75) is 64.4 Å². The van der Waals surface area contributed by atoms with Gasteiger partial charge in [0, 0.05) is 17.8 Å². The maximum absolute atomic E-state index is 14.9. The molecule has 1 aromatic carbocycles. The minimum absolute atomic E-state index is 0.00987. The summed E-state index contributed by atoms with van der Waals surface area (Å²) in [6.45, 7) is 5.93. The Kier molecular flexibility index (Phi) is 9.61. The second-order valence-corrected chi connectivity index (χ2v) is 10.2. The van der Waals surface area contributed by atoms with Gasteiger partial charge in [-0.25, -0.2) is 13.8 Å². The van der Waals surface area contributed by atoms with Crippen molar-refractivity contribution in [1.82, 2.24) is 9.97 Å². The SMILES string of the molecule is C[B]c1cc(C)cc(F)c1-c1nc(C(=O)Nc2cnccc2[C@@H]2C[C@H](CC)[C@H](OCCC#N)[C@H](N)C2)ccc1F. The maximum atomic E-state index is 14.9. The monoisotopic (exact) mass is 544 g/mol. The highest BCUT2D eigenvalue weighted by molar-refractivity contribution is 6.54. The molecule has 1 radical (unpaired) electrons. The Morgan fingerprint density at radius 3 is 2.77 bits per heavy atom. The number of benzene rings is 1. The normalized spacial score (nSPS) is 20.5. The summed E-state index contributed by atoms with van der Waals surface area (Å²) in [5, 5.41) is 11.7. The summed E-state index contributed by atoms with van der Waals surface area (Å²) in [5.74, 6) is -1.65. The molecule has 1 aliphatic rings. The van der Waals surface area contributed by atoms with Crippen molar-refractivity contribution < 1.29 is 18.3 Å². The number of anilines is 1. The fourth-order valence-electron chi connectivity index (χ4n) is 5.60. The molecule has 3 aromatic rings.